The molecule has 1 atom stereocenters. The smallest absolute Gasteiger partial charge is 0.322 e. The van der Waals surface area contributed by atoms with Gasteiger partial charge in [0.1, 0.15) is 0 Å². The molecule has 3 nitrogen and oxygen atoms in total. The number of nitrogens with zero attached hydrogens (tertiary/aromatic N) is 1. The molecule has 0 saturated heterocycles. The Morgan fingerprint density at radius 2 is 2.00 bits per heavy atom. The van der Waals surface area contributed by atoms with Gasteiger partial charge in [0.15, 0.2) is 0 Å². The van der Waals surface area contributed by atoms with Gasteiger partial charge >= 0.3 is 9.28 Å². The molecule has 58 valence electrons. The molecule has 0 bridgehead atoms. The molecule has 0 fully saturated rings. The second kappa shape index (κ2) is 5.41. The Morgan fingerprint density at radius 1 is 1.50 bits per heavy atom. The average Bonchev–Trinajstić information content (AvgIpc) is 1.99. The van der Waals surface area contributed by atoms with Crippen LogP contribution in [0.25, 0.3) is 0 Å². The first-order chi connectivity index (χ1) is 4.74. The molecular weight excluding hydrogens is 146 g/mol. The third-order valence-corrected chi connectivity index (χ3v) is 3.44. The minimum Gasteiger partial charge on any atom is -0.400 e. The fourth-order valence-electron chi connectivity index (χ4n) is 0.630. The van der Waals surface area contributed by atoms with Gasteiger partial charge in [0.2, 0.25) is 0 Å². The number of nitriles is 1. The highest BCUT2D eigenvalue weighted by Crippen LogP contribution is 2.05. The highest BCUT2D eigenvalue weighted by Gasteiger charge is 2.13. The molecule has 0 aliphatic heterocycles. The van der Waals surface area contributed by atoms with Crippen LogP contribution in [0.1, 0.15) is 6.92 Å². The first kappa shape index (κ1) is 9.63. The Balaban J connectivity index is 3.54. The molecule has 0 aromatic heterocycles. The monoisotopic (exact) mass is 159 g/mol. The van der Waals surface area contributed by atoms with Crippen LogP contribution in [0.2, 0.25) is 6.04 Å². The third kappa shape index (κ3) is 3.61. The molecule has 0 radical (unpaired) electrons. The van der Waals surface area contributed by atoms with Crippen LogP contribution in [-0.4, -0.2) is 23.5 Å². The Morgan fingerprint density at radius 3 is 2.30 bits per heavy atom. The van der Waals surface area contributed by atoms with Crippen LogP contribution in [0.3, 0.4) is 0 Å². The van der Waals surface area contributed by atoms with Crippen molar-refractivity contribution in [1.82, 2.24) is 0 Å². The van der Waals surface area contributed by atoms with Crippen molar-refractivity contribution in [3.8, 4) is 6.07 Å². The van der Waals surface area contributed by atoms with Gasteiger partial charge in [-0.2, -0.15) is 5.26 Å². The van der Waals surface area contributed by atoms with E-state index in [1.54, 1.807) is 14.2 Å². The summed E-state index contributed by atoms with van der Waals surface area (Å²) in [5.41, 5.74) is 0. The van der Waals surface area contributed by atoms with Crippen LogP contribution >= 0.6 is 0 Å². The maximum absolute atomic E-state index is 8.44. The lowest BCUT2D eigenvalue weighted by molar-refractivity contribution is 0.274. The van der Waals surface area contributed by atoms with Crippen LogP contribution in [0.4, 0.5) is 0 Å². The molecule has 0 aliphatic rings. The van der Waals surface area contributed by atoms with E-state index in [1.807, 2.05) is 6.92 Å². The van der Waals surface area contributed by atoms with Crippen molar-refractivity contribution in [2.75, 3.05) is 14.2 Å². The van der Waals surface area contributed by atoms with Crippen LogP contribution in [-0.2, 0) is 8.85 Å². The van der Waals surface area contributed by atoms with E-state index in [0.717, 1.165) is 6.04 Å². The van der Waals surface area contributed by atoms with Crippen molar-refractivity contribution in [3.63, 3.8) is 0 Å². The van der Waals surface area contributed by atoms with Crippen LogP contribution < -0.4 is 0 Å². The molecule has 10 heavy (non-hydrogen) atoms. The predicted octanol–water partition coefficient (Wildman–Crippen LogP) is 0.659. The summed E-state index contributed by atoms with van der Waals surface area (Å²) in [6.07, 6.45) is 0. The predicted molar refractivity (Wildman–Crippen MR) is 40.8 cm³/mol. The topological polar surface area (TPSA) is 42.2 Å². The van der Waals surface area contributed by atoms with Gasteiger partial charge in [0.05, 0.1) is 6.07 Å². The lowest BCUT2D eigenvalue weighted by Crippen LogP contribution is -2.21. The molecule has 0 rings (SSSR count). The van der Waals surface area contributed by atoms with Gasteiger partial charge in [-0.1, -0.05) is 0 Å². The maximum atomic E-state index is 8.44. The maximum Gasteiger partial charge on any atom is 0.322 e. The Kier molecular flexibility index (Phi) is 5.21. The van der Waals surface area contributed by atoms with Crippen LogP contribution in [0.15, 0.2) is 0 Å². The van der Waals surface area contributed by atoms with Crippen molar-refractivity contribution in [3.05, 3.63) is 0 Å². The van der Waals surface area contributed by atoms with Crippen molar-refractivity contribution in [2.45, 2.75) is 13.0 Å². The molecular formula is C6H13NO2Si. The van der Waals surface area contributed by atoms with E-state index in [2.05, 4.69) is 6.07 Å². The summed E-state index contributed by atoms with van der Waals surface area (Å²) in [6, 6.07) is 2.91. The minimum atomic E-state index is -1.49. The first-order valence-corrected chi connectivity index (χ1v) is 4.95. The molecule has 1 unspecified atom stereocenters. The van der Waals surface area contributed by atoms with Crippen molar-refractivity contribution >= 4 is 9.28 Å². The number of rotatable bonds is 4. The quantitative estimate of drug-likeness (QED) is 0.566. The molecule has 0 N–H and O–H groups in total. The van der Waals surface area contributed by atoms with E-state index in [0.29, 0.717) is 0 Å². The lowest BCUT2D eigenvalue weighted by atomic mass is 10.3. The molecule has 4 heteroatoms. The number of hydrogen-bond donors (Lipinski definition) is 0. The Hall–Kier alpha value is -0.373. The summed E-state index contributed by atoms with van der Waals surface area (Å²) in [7, 11) is 1.77. The van der Waals surface area contributed by atoms with E-state index in [4.69, 9.17) is 14.1 Å². The van der Waals surface area contributed by atoms with E-state index >= 15 is 0 Å². The molecule has 0 heterocycles. The van der Waals surface area contributed by atoms with Gasteiger partial charge in [-0.3, -0.25) is 0 Å². The van der Waals surface area contributed by atoms with E-state index in [-0.39, 0.29) is 5.92 Å². The molecule has 0 aliphatic carbocycles. The van der Waals surface area contributed by atoms with Gasteiger partial charge in [-0.15, -0.1) is 0 Å². The van der Waals surface area contributed by atoms with Gasteiger partial charge in [0, 0.05) is 26.2 Å². The molecule has 0 amide bonds. The summed E-state index contributed by atoms with van der Waals surface area (Å²) in [4.78, 5) is 0. The summed E-state index contributed by atoms with van der Waals surface area (Å²) in [5, 5.41) is 8.44. The minimum absolute atomic E-state index is 0.0524. The molecule has 0 aromatic rings. The standard InChI is InChI=1S/C6H13NO2Si/c1-6(4-7)5-10(8-2)9-3/h6,10H,5H2,1-3H3. The SMILES string of the molecule is CO[SiH](CC(C)C#N)OC. The molecule has 0 aromatic carbocycles. The van der Waals surface area contributed by atoms with E-state index < -0.39 is 9.28 Å². The normalized spacial score (nSPS) is 13.1. The first-order valence-electron chi connectivity index (χ1n) is 3.19. The van der Waals surface area contributed by atoms with Crippen molar-refractivity contribution in [2.24, 2.45) is 5.92 Å². The second-order valence-electron chi connectivity index (χ2n) is 2.17. The van der Waals surface area contributed by atoms with Crippen LogP contribution in [0, 0.1) is 17.2 Å². The van der Waals surface area contributed by atoms with Gasteiger partial charge < -0.3 is 8.85 Å². The zero-order chi connectivity index (χ0) is 7.98. The zero-order valence-electron chi connectivity index (χ0n) is 6.63. The average molecular weight is 159 g/mol. The molecule has 0 saturated carbocycles. The lowest BCUT2D eigenvalue weighted by Gasteiger charge is -2.10. The second-order valence-corrected chi connectivity index (χ2v) is 4.44. The summed E-state index contributed by atoms with van der Waals surface area (Å²) >= 11 is 0. The largest absolute Gasteiger partial charge is 0.400 e. The fourth-order valence-corrected chi connectivity index (χ4v) is 1.89. The van der Waals surface area contributed by atoms with Crippen molar-refractivity contribution < 1.29 is 8.85 Å². The van der Waals surface area contributed by atoms with Crippen LogP contribution in [0.5, 0.6) is 0 Å². The van der Waals surface area contributed by atoms with E-state index in [9.17, 15) is 0 Å². The summed E-state index contributed by atoms with van der Waals surface area (Å²) in [5.74, 6) is 0.0524. The van der Waals surface area contributed by atoms with Crippen molar-refractivity contribution in [1.29, 1.82) is 5.26 Å². The highest BCUT2D eigenvalue weighted by atomic mass is 28.3. The van der Waals surface area contributed by atoms with Gasteiger partial charge in [-0.25, -0.2) is 0 Å². The van der Waals surface area contributed by atoms with Gasteiger partial charge in [0.25, 0.3) is 0 Å². The highest BCUT2D eigenvalue weighted by molar-refractivity contribution is 6.44. The van der Waals surface area contributed by atoms with Gasteiger partial charge in [-0.05, 0) is 6.92 Å². The Bertz CT molecular complexity index is 119. The zero-order valence-corrected chi connectivity index (χ0v) is 7.78. The van der Waals surface area contributed by atoms with E-state index in [1.165, 1.54) is 0 Å². The summed E-state index contributed by atoms with van der Waals surface area (Å²) in [6.45, 7) is 1.87. The molecule has 0 spiro atoms. The number of hydrogen-bond acceptors (Lipinski definition) is 3. The Labute approximate surface area is 63.4 Å². The summed E-state index contributed by atoms with van der Waals surface area (Å²) < 4.78 is 10.1. The third-order valence-electron chi connectivity index (χ3n) is 1.29. The fraction of sp³-hybridized carbons (Fsp3) is 0.833.